The third-order valence-corrected chi connectivity index (χ3v) is 4.67. The summed E-state index contributed by atoms with van der Waals surface area (Å²) in [4.78, 5) is 25.2. The summed E-state index contributed by atoms with van der Waals surface area (Å²) in [6.45, 7) is 0. The zero-order valence-corrected chi connectivity index (χ0v) is 14.8. The molecule has 0 radical (unpaired) electrons. The van der Waals surface area contributed by atoms with Gasteiger partial charge in [-0.2, -0.15) is 0 Å². The number of halogens is 1. The summed E-state index contributed by atoms with van der Waals surface area (Å²) in [6.07, 6.45) is 3.55. The second-order valence-corrected chi connectivity index (χ2v) is 6.55. The minimum Gasteiger partial charge on any atom is -0.469 e. The van der Waals surface area contributed by atoms with Crippen molar-refractivity contribution in [2.24, 2.45) is 0 Å². The van der Waals surface area contributed by atoms with E-state index in [1.807, 2.05) is 36.4 Å². The van der Waals surface area contributed by atoms with Gasteiger partial charge in [-0.25, -0.2) is 9.97 Å². The first-order valence-electron chi connectivity index (χ1n) is 8.37. The Hall–Kier alpha value is -3.38. The van der Waals surface area contributed by atoms with Crippen molar-refractivity contribution >= 4 is 22.6 Å². The molecule has 0 amide bonds. The van der Waals surface area contributed by atoms with Crippen molar-refractivity contribution in [3.05, 3.63) is 88.0 Å². The maximum Gasteiger partial charge on any atom is 0.279 e. The van der Waals surface area contributed by atoms with Crippen LogP contribution in [0.3, 0.4) is 0 Å². The van der Waals surface area contributed by atoms with Crippen molar-refractivity contribution in [3.8, 4) is 17.1 Å². The van der Waals surface area contributed by atoms with Gasteiger partial charge in [0.05, 0.1) is 29.4 Å². The summed E-state index contributed by atoms with van der Waals surface area (Å²) in [7, 11) is 0. The van der Waals surface area contributed by atoms with E-state index >= 15 is 0 Å². The van der Waals surface area contributed by atoms with Gasteiger partial charge in [-0.1, -0.05) is 23.7 Å². The van der Waals surface area contributed by atoms with E-state index in [9.17, 15) is 4.79 Å². The molecule has 2 aromatic heterocycles. The van der Waals surface area contributed by atoms with E-state index in [4.69, 9.17) is 16.0 Å². The Kier molecular flexibility index (Phi) is 3.58. The normalized spacial score (nSPS) is 11.4. The Morgan fingerprint density at radius 2 is 2.04 bits per heavy atom. The van der Waals surface area contributed by atoms with Gasteiger partial charge in [0, 0.05) is 11.8 Å². The molecule has 0 atom stereocenters. The highest BCUT2D eigenvalue weighted by Crippen LogP contribution is 2.29. The van der Waals surface area contributed by atoms with Crippen LogP contribution in [0, 0.1) is 0 Å². The molecule has 2 aliphatic heterocycles. The molecule has 0 bridgehead atoms. The Morgan fingerprint density at radius 3 is 2.85 bits per heavy atom. The quantitative estimate of drug-likeness (QED) is 0.482. The summed E-state index contributed by atoms with van der Waals surface area (Å²) < 4.78 is 7.02. The SMILES string of the molecule is O=c1c(Cc2ccco2)nc2c(-c3ccnc(Cl)c3)[nH]c3ccccc3n1-2. The van der Waals surface area contributed by atoms with Crippen LogP contribution in [-0.4, -0.2) is 19.5 Å². The number of aromatic nitrogens is 4. The second kappa shape index (κ2) is 6.10. The van der Waals surface area contributed by atoms with Crippen molar-refractivity contribution in [1.82, 2.24) is 19.5 Å². The van der Waals surface area contributed by atoms with E-state index in [2.05, 4.69) is 15.0 Å². The number of H-pyrrole nitrogens is 1. The van der Waals surface area contributed by atoms with Gasteiger partial charge >= 0.3 is 0 Å². The lowest BCUT2D eigenvalue weighted by Gasteiger charge is -2.13. The number of rotatable bonds is 3. The van der Waals surface area contributed by atoms with E-state index in [1.165, 1.54) is 0 Å². The van der Waals surface area contributed by atoms with Crippen LogP contribution in [0.5, 0.6) is 0 Å². The van der Waals surface area contributed by atoms with Crippen molar-refractivity contribution in [2.75, 3.05) is 0 Å². The molecule has 0 saturated carbocycles. The average Bonchev–Trinajstić information content (AvgIpc) is 3.30. The lowest BCUT2D eigenvalue weighted by atomic mass is 10.1. The highest BCUT2D eigenvalue weighted by molar-refractivity contribution is 6.29. The van der Waals surface area contributed by atoms with Gasteiger partial charge in [0.2, 0.25) is 0 Å². The number of aromatic amines is 1. The molecule has 1 aromatic carbocycles. The summed E-state index contributed by atoms with van der Waals surface area (Å²) in [5.74, 6) is 1.24. The fraction of sp³-hybridized carbons (Fsp3) is 0.0500. The molecule has 1 N–H and O–H groups in total. The molecule has 4 heterocycles. The molecular weight excluding hydrogens is 364 g/mol. The fourth-order valence-corrected chi connectivity index (χ4v) is 3.43. The number of imidazole rings is 1. The molecule has 5 rings (SSSR count). The van der Waals surface area contributed by atoms with Crippen LogP contribution in [0.2, 0.25) is 5.15 Å². The van der Waals surface area contributed by atoms with Gasteiger partial charge in [0.25, 0.3) is 5.56 Å². The first-order chi connectivity index (χ1) is 13.2. The zero-order chi connectivity index (χ0) is 18.4. The second-order valence-electron chi connectivity index (χ2n) is 6.16. The van der Waals surface area contributed by atoms with Crippen molar-refractivity contribution < 1.29 is 4.42 Å². The smallest absolute Gasteiger partial charge is 0.279 e. The maximum absolute atomic E-state index is 13.1. The number of fused-ring (bicyclic) bond motifs is 3. The summed E-state index contributed by atoms with van der Waals surface area (Å²) in [6, 6.07) is 14.8. The third-order valence-electron chi connectivity index (χ3n) is 4.47. The fourth-order valence-electron chi connectivity index (χ4n) is 3.26. The number of hydrogen-bond acceptors (Lipinski definition) is 4. The van der Waals surface area contributed by atoms with Crippen LogP contribution in [0.1, 0.15) is 11.5 Å². The molecule has 0 saturated heterocycles. The van der Waals surface area contributed by atoms with Crippen LogP contribution in [0.4, 0.5) is 0 Å². The van der Waals surface area contributed by atoms with E-state index in [1.54, 1.807) is 29.2 Å². The van der Waals surface area contributed by atoms with Crippen LogP contribution >= 0.6 is 11.6 Å². The van der Waals surface area contributed by atoms with Gasteiger partial charge in [-0.3, -0.25) is 9.36 Å². The number of benzene rings is 1. The first-order valence-corrected chi connectivity index (χ1v) is 8.75. The van der Waals surface area contributed by atoms with Gasteiger partial charge in [0.1, 0.15) is 16.6 Å². The largest absolute Gasteiger partial charge is 0.469 e. The molecule has 0 aliphatic carbocycles. The molecule has 3 aromatic rings. The number of furan rings is 1. The van der Waals surface area contributed by atoms with E-state index in [0.29, 0.717) is 34.5 Å². The number of pyridine rings is 1. The van der Waals surface area contributed by atoms with Crippen LogP contribution in [-0.2, 0) is 6.42 Å². The molecule has 2 aliphatic rings. The summed E-state index contributed by atoms with van der Waals surface area (Å²) in [5, 5.41) is 0.372. The summed E-state index contributed by atoms with van der Waals surface area (Å²) in [5.41, 5.74) is 3.37. The molecule has 132 valence electrons. The molecular formula is C20H13ClN4O2. The lowest BCUT2D eigenvalue weighted by molar-refractivity contribution is 0.519. The predicted octanol–water partition coefficient (Wildman–Crippen LogP) is 4.05. The Bertz CT molecular complexity index is 1290. The summed E-state index contributed by atoms with van der Waals surface area (Å²) >= 11 is 6.07. The first kappa shape index (κ1) is 15.8. The Balaban J connectivity index is 1.82. The monoisotopic (exact) mass is 376 g/mol. The minimum atomic E-state index is -0.159. The predicted molar refractivity (Wildman–Crippen MR) is 103 cm³/mol. The molecule has 0 fully saturated rings. The highest BCUT2D eigenvalue weighted by Gasteiger charge is 2.22. The molecule has 6 nitrogen and oxygen atoms in total. The number of nitrogens with zero attached hydrogens (tertiary/aromatic N) is 3. The maximum atomic E-state index is 13.1. The van der Waals surface area contributed by atoms with Crippen LogP contribution in [0.15, 0.2) is 70.2 Å². The van der Waals surface area contributed by atoms with Crippen molar-refractivity contribution in [3.63, 3.8) is 0 Å². The van der Waals surface area contributed by atoms with Crippen molar-refractivity contribution in [1.29, 1.82) is 0 Å². The zero-order valence-electron chi connectivity index (χ0n) is 14.0. The average molecular weight is 377 g/mol. The van der Waals surface area contributed by atoms with Crippen LogP contribution in [0.25, 0.3) is 28.1 Å². The number of nitrogens with one attached hydrogen (secondary N) is 1. The van der Waals surface area contributed by atoms with Crippen LogP contribution < -0.4 is 5.56 Å². The van der Waals surface area contributed by atoms with Gasteiger partial charge in [0.15, 0.2) is 5.82 Å². The molecule has 7 heteroatoms. The third kappa shape index (κ3) is 2.62. The van der Waals surface area contributed by atoms with Crippen molar-refractivity contribution in [2.45, 2.75) is 6.42 Å². The van der Waals surface area contributed by atoms with Gasteiger partial charge < -0.3 is 9.40 Å². The minimum absolute atomic E-state index is 0.159. The number of para-hydroxylation sites is 2. The van der Waals surface area contributed by atoms with E-state index < -0.39 is 0 Å². The van der Waals surface area contributed by atoms with Gasteiger partial charge in [-0.15, -0.1) is 0 Å². The number of hydrogen-bond donors (Lipinski definition) is 1. The highest BCUT2D eigenvalue weighted by atomic mass is 35.5. The Morgan fingerprint density at radius 1 is 1.15 bits per heavy atom. The lowest BCUT2D eigenvalue weighted by Crippen LogP contribution is -2.17. The Labute approximate surface area is 158 Å². The standard InChI is InChI=1S/C20H13ClN4O2/c21-17-10-12(7-8-22-17)18-19-24-15(11-13-4-3-9-27-13)20(26)25(19)16-6-2-1-5-14(16)23-18/h1-10,23H,11H2. The topological polar surface area (TPSA) is 76.7 Å². The van der Waals surface area contributed by atoms with Gasteiger partial charge in [-0.05, 0) is 36.4 Å². The molecule has 0 unspecified atom stereocenters. The molecule has 27 heavy (non-hydrogen) atoms. The van der Waals surface area contributed by atoms with E-state index in [0.717, 1.165) is 16.6 Å². The van der Waals surface area contributed by atoms with E-state index in [-0.39, 0.29) is 5.56 Å². The molecule has 0 spiro atoms.